The van der Waals surface area contributed by atoms with Gasteiger partial charge in [0.1, 0.15) is 11.7 Å². The first-order valence-electron chi connectivity index (χ1n) is 13.3. The molecule has 2 unspecified atom stereocenters. The van der Waals surface area contributed by atoms with Crippen molar-refractivity contribution in [1.29, 1.82) is 0 Å². The second-order valence-corrected chi connectivity index (χ2v) is 11.3. The number of hydrogen-bond acceptors (Lipinski definition) is 6. The van der Waals surface area contributed by atoms with Gasteiger partial charge in [-0.3, -0.25) is 9.69 Å². The second-order valence-electron chi connectivity index (χ2n) is 10.4. The van der Waals surface area contributed by atoms with E-state index in [4.69, 9.17) is 4.74 Å². The number of fused-ring (bicyclic) bond motifs is 1. The zero-order chi connectivity index (χ0) is 26.7. The molecule has 2 amide bonds. The Balaban J connectivity index is 1.34. The number of aliphatic hydroxyl groups is 1. The van der Waals surface area contributed by atoms with Crippen LogP contribution < -0.4 is 10.6 Å². The van der Waals surface area contributed by atoms with Gasteiger partial charge in [-0.2, -0.15) is 0 Å². The molecule has 0 bridgehead atoms. The SMILES string of the molecule is CC(C(OC(=O)N[C@@H](C)c1ccccc1)c1ccc2c(c1)CCC(=O)N2)N1CCC(O)(c2cccs2)CC1. The Kier molecular flexibility index (Phi) is 7.83. The molecule has 3 N–H and O–H groups in total. The fraction of sp³-hybridized carbons (Fsp3) is 0.400. The maximum Gasteiger partial charge on any atom is 0.408 e. The van der Waals surface area contributed by atoms with Gasteiger partial charge in [0.25, 0.3) is 0 Å². The molecular weight excluding hydrogens is 498 g/mol. The molecule has 2 aliphatic heterocycles. The monoisotopic (exact) mass is 533 g/mol. The van der Waals surface area contributed by atoms with E-state index >= 15 is 0 Å². The van der Waals surface area contributed by atoms with Gasteiger partial charge >= 0.3 is 6.09 Å². The van der Waals surface area contributed by atoms with Gasteiger partial charge in [0.2, 0.25) is 5.91 Å². The van der Waals surface area contributed by atoms with Crippen LogP contribution in [0.3, 0.4) is 0 Å². The first-order chi connectivity index (χ1) is 18.3. The summed E-state index contributed by atoms with van der Waals surface area (Å²) >= 11 is 1.59. The summed E-state index contributed by atoms with van der Waals surface area (Å²) in [5.41, 5.74) is 2.95. The number of hydrogen-bond donors (Lipinski definition) is 3. The molecule has 2 aromatic carbocycles. The quantitative estimate of drug-likeness (QED) is 0.371. The van der Waals surface area contributed by atoms with E-state index in [0.717, 1.165) is 27.3 Å². The molecule has 3 aromatic rings. The number of carbonyl (C=O) groups is 2. The maximum atomic E-state index is 13.1. The van der Waals surface area contributed by atoms with Gasteiger partial charge in [-0.05, 0) is 73.4 Å². The van der Waals surface area contributed by atoms with Crippen molar-refractivity contribution in [1.82, 2.24) is 10.2 Å². The predicted octanol–water partition coefficient (Wildman–Crippen LogP) is 5.53. The number of carbonyl (C=O) groups excluding carboxylic acids is 2. The predicted molar refractivity (Wildman–Crippen MR) is 149 cm³/mol. The molecule has 2 aliphatic rings. The highest BCUT2D eigenvalue weighted by atomic mass is 32.1. The van der Waals surface area contributed by atoms with Crippen molar-refractivity contribution in [3.05, 3.63) is 87.6 Å². The highest BCUT2D eigenvalue weighted by Crippen LogP contribution is 2.38. The number of benzene rings is 2. The number of anilines is 1. The third-order valence-electron chi connectivity index (χ3n) is 7.84. The minimum Gasteiger partial charge on any atom is -0.440 e. The van der Waals surface area contributed by atoms with E-state index in [2.05, 4.69) is 28.5 Å². The van der Waals surface area contributed by atoms with Crippen molar-refractivity contribution in [2.75, 3.05) is 18.4 Å². The molecule has 1 aromatic heterocycles. The lowest BCUT2D eigenvalue weighted by Crippen LogP contribution is -2.48. The van der Waals surface area contributed by atoms with E-state index in [9.17, 15) is 14.7 Å². The normalized spacial score (nSPS) is 19.5. The molecular formula is C30H35N3O4S. The van der Waals surface area contributed by atoms with E-state index in [1.54, 1.807) is 11.3 Å². The molecule has 1 saturated heterocycles. The average Bonchev–Trinajstić information content (AvgIpc) is 3.48. The first kappa shape index (κ1) is 26.4. The van der Waals surface area contributed by atoms with E-state index in [1.807, 2.05) is 66.9 Å². The minimum atomic E-state index is -0.812. The number of alkyl carbamates (subject to hydrolysis) is 1. The fourth-order valence-electron chi connectivity index (χ4n) is 5.46. The van der Waals surface area contributed by atoms with Crippen LogP contribution in [0.25, 0.3) is 0 Å². The largest absolute Gasteiger partial charge is 0.440 e. The minimum absolute atomic E-state index is 0.0206. The zero-order valence-corrected chi connectivity index (χ0v) is 22.7. The van der Waals surface area contributed by atoms with Crippen LogP contribution in [0, 0.1) is 0 Å². The van der Waals surface area contributed by atoms with Crippen LogP contribution in [0.4, 0.5) is 10.5 Å². The molecule has 0 saturated carbocycles. The molecule has 7 nitrogen and oxygen atoms in total. The van der Waals surface area contributed by atoms with Gasteiger partial charge in [-0.1, -0.05) is 42.5 Å². The van der Waals surface area contributed by atoms with Crippen LogP contribution in [-0.4, -0.2) is 41.1 Å². The summed E-state index contributed by atoms with van der Waals surface area (Å²) in [7, 11) is 0. The molecule has 5 rings (SSSR count). The summed E-state index contributed by atoms with van der Waals surface area (Å²) in [5.74, 6) is 0.0206. The fourth-order valence-corrected chi connectivity index (χ4v) is 6.34. The molecule has 0 aliphatic carbocycles. The number of likely N-dealkylation sites (tertiary alicyclic amines) is 1. The van der Waals surface area contributed by atoms with Gasteiger partial charge in [0.15, 0.2) is 0 Å². The number of piperidine rings is 1. The molecule has 1 fully saturated rings. The maximum absolute atomic E-state index is 13.1. The standard InChI is InChI=1S/C30H35N3O4S/c1-20(22-7-4-3-5-8-22)31-29(35)37-28(24-10-12-25-23(19-24)11-13-27(34)32-25)21(2)33-16-14-30(36,15-17-33)26-9-6-18-38-26/h3-10,12,18-21,28,36H,11,13-17H2,1-2H3,(H,31,35)(H,32,34)/t20-,21?,28?/m0/s1. The summed E-state index contributed by atoms with van der Waals surface area (Å²) in [4.78, 5) is 28.3. The smallest absolute Gasteiger partial charge is 0.408 e. The Morgan fingerprint density at radius 2 is 1.82 bits per heavy atom. The van der Waals surface area contributed by atoms with Gasteiger partial charge in [0, 0.05) is 36.1 Å². The van der Waals surface area contributed by atoms with E-state index < -0.39 is 17.8 Å². The Morgan fingerprint density at radius 3 is 2.53 bits per heavy atom. The van der Waals surface area contributed by atoms with Crippen molar-refractivity contribution in [3.8, 4) is 0 Å². The lowest BCUT2D eigenvalue weighted by molar-refractivity contribution is -0.116. The van der Waals surface area contributed by atoms with Crippen molar-refractivity contribution in [2.24, 2.45) is 0 Å². The first-order valence-corrected chi connectivity index (χ1v) is 14.2. The van der Waals surface area contributed by atoms with Crippen LogP contribution in [0.1, 0.15) is 66.8 Å². The number of aryl methyl sites for hydroxylation is 1. The van der Waals surface area contributed by atoms with Crippen LogP contribution in [0.2, 0.25) is 0 Å². The molecule has 3 atom stereocenters. The summed E-state index contributed by atoms with van der Waals surface area (Å²) in [5, 5.41) is 19.2. The van der Waals surface area contributed by atoms with Crippen molar-refractivity contribution in [3.63, 3.8) is 0 Å². The second kappa shape index (κ2) is 11.3. The van der Waals surface area contributed by atoms with E-state index in [-0.39, 0.29) is 18.0 Å². The van der Waals surface area contributed by atoms with Crippen molar-refractivity contribution in [2.45, 2.75) is 63.3 Å². The van der Waals surface area contributed by atoms with Crippen LogP contribution in [0.5, 0.6) is 0 Å². The number of nitrogens with zero attached hydrogens (tertiary/aromatic N) is 1. The number of thiophene rings is 1. The Morgan fingerprint density at radius 1 is 1.05 bits per heavy atom. The van der Waals surface area contributed by atoms with Gasteiger partial charge in [-0.25, -0.2) is 4.79 Å². The molecule has 0 spiro atoms. The Labute approximate surface area is 227 Å². The van der Waals surface area contributed by atoms with Crippen LogP contribution >= 0.6 is 11.3 Å². The Bertz CT molecular complexity index is 1260. The average molecular weight is 534 g/mol. The van der Waals surface area contributed by atoms with Crippen molar-refractivity contribution < 1.29 is 19.4 Å². The van der Waals surface area contributed by atoms with Crippen LogP contribution in [-0.2, 0) is 21.6 Å². The van der Waals surface area contributed by atoms with Gasteiger partial charge in [0.05, 0.1) is 6.04 Å². The van der Waals surface area contributed by atoms with Crippen molar-refractivity contribution >= 4 is 29.0 Å². The van der Waals surface area contributed by atoms with E-state index in [0.29, 0.717) is 38.8 Å². The molecule has 8 heteroatoms. The third-order valence-corrected chi connectivity index (χ3v) is 8.90. The highest BCUT2D eigenvalue weighted by molar-refractivity contribution is 7.10. The topological polar surface area (TPSA) is 90.9 Å². The zero-order valence-electron chi connectivity index (χ0n) is 21.9. The summed E-state index contributed by atoms with van der Waals surface area (Å²) in [6.45, 7) is 5.40. The lowest BCUT2D eigenvalue weighted by atomic mass is 9.88. The molecule has 3 heterocycles. The summed E-state index contributed by atoms with van der Waals surface area (Å²) < 4.78 is 6.14. The summed E-state index contributed by atoms with van der Waals surface area (Å²) in [6.07, 6.45) is 1.35. The van der Waals surface area contributed by atoms with Crippen LogP contribution in [0.15, 0.2) is 66.0 Å². The van der Waals surface area contributed by atoms with E-state index in [1.165, 1.54) is 0 Å². The number of ether oxygens (including phenoxy) is 1. The molecule has 38 heavy (non-hydrogen) atoms. The van der Waals surface area contributed by atoms with Gasteiger partial charge < -0.3 is 20.5 Å². The number of amides is 2. The third kappa shape index (κ3) is 5.77. The molecule has 200 valence electrons. The number of rotatable bonds is 7. The Hall–Kier alpha value is -3.20. The highest BCUT2D eigenvalue weighted by Gasteiger charge is 2.38. The van der Waals surface area contributed by atoms with Gasteiger partial charge in [-0.15, -0.1) is 11.3 Å². The molecule has 0 radical (unpaired) electrons. The number of nitrogens with one attached hydrogen (secondary N) is 2. The lowest BCUT2D eigenvalue weighted by Gasteiger charge is -2.42. The summed E-state index contributed by atoms with van der Waals surface area (Å²) in [6, 6.07) is 19.4.